The number of hydrogen-bond donors (Lipinski definition) is 0. The van der Waals surface area contributed by atoms with Gasteiger partial charge in [-0.1, -0.05) is 73.9 Å². The maximum absolute atomic E-state index is 2.66. The van der Waals surface area contributed by atoms with Gasteiger partial charge >= 0.3 is 0 Å². The third-order valence-corrected chi connectivity index (χ3v) is 5.57. The summed E-state index contributed by atoms with van der Waals surface area (Å²) in [6.45, 7) is 6.02. The minimum atomic E-state index is 1.23. The van der Waals surface area contributed by atoms with E-state index in [1.165, 1.54) is 79.6 Å². The molecule has 0 N–H and O–H groups in total. The van der Waals surface area contributed by atoms with Gasteiger partial charge in [0.1, 0.15) is 0 Å². The number of nitrogens with zero attached hydrogens (tertiary/aromatic N) is 1. The van der Waals surface area contributed by atoms with Gasteiger partial charge in [0.25, 0.3) is 0 Å². The third kappa shape index (κ3) is 2.82. The smallest absolute Gasteiger partial charge is 0.00190 e. The molecule has 0 aromatic heterocycles. The predicted molar refractivity (Wildman–Crippen MR) is 103 cm³/mol. The summed E-state index contributed by atoms with van der Waals surface area (Å²) in [7, 11) is 0. The van der Waals surface area contributed by atoms with E-state index >= 15 is 0 Å². The molecule has 0 spiro atoms. The summed E-state index contributed by atoms with van der Waals surface area (Å²) >= 11 is 0. The molecule has 2 aliphatic rings. The van der Waals surface area contributed by atoms with E-state index in [1.807, 2.05) is 0 Å². The van der Waals surface area contributed by atoms with E-state index in [0.717, 1.165) is 0 Å². The van der Waals surface area contributed by atoms with Crippen molar-refractivity contribution in [1.82, 2.24) is 4.90 Å². The van der Waals surface area contributed by atoms with Crippen LogP contribution in [0.2, 0.25) is 0 Å². The Morgan fingerprint density at radius 3 is 1.83 bits per heavy atom. The molecule has 1 fully saturated rings. The van der Waals surface area contributed by atoms with E-state index in [0.29, 0.717) is 0 Å². The molecule has 1 aliphatic heterocycles. The molecule has 1 saturated heterocycles. The van der Waals surface area contributed by atoms with Crippen molar-refractivity contribution in [1.29, 1.82) is 0 Å². The highest BCUT2D eigenvalue weighted by molar-refractivity contribution is 6.02. The van der Waals surface area contributed by atoms with E-state index < -0.39 is 0 Å². The topological polar surface area (TPSA) is 3.24 Å². The van der Waals surface area contributed by atoms with Crippen molar-refractivity contribution in [3.05, 3.63) is 65.2 Å². The molecule has 0 amide bonds. The zero-order valence-corrected chi connectivity index (χ0v) is 14.7. The van der Waals surface area contributed by atoms with E-state index in [-0.39, 0.29) is 0 Å². The molecular weight excluding hydrogens is 290 g/mol. The lowest BCUT2D eigenvalue weighted by molar-refractivity contribution is 0.251. The zero-order valence-electron chi connectivity index (χ0n) is 14.7. The maximum Gasteiger partial charge on any atom is 0.00190 e. The number of piperidine rings is 1. The summed E-state index contributed by atoms with van der Waals surface area (Å²) in [4.78, 5) is 2.66. The Balaban J connectivity index is 1.61. The number of unbranched alkanes of at least 4 members (excludes halogenated alkanes) is 2. The number of hydrogen-bond acceptors (Lipinski definition) is 1. The molecule has 0 atom stereocenters. The molecule has 4 rings (SSSR count). The van der Waals surface area contributed by atoms with Crippen LogP contribution in [0.15, 0.2) is 54.1 Å². The van der Waals surface area contributed by atoms with Crippen LogP contribution >= 0.6 is 0 Å². The first kappa shape index (κ1) is 15.7. The van der Waals surface area contributed by atoms with Gasteiger partial charge in [-0.3, -0.25) is 0 Å². The lowest BCUT2D eigenvalue weighted by Crippen LogP contribution is -2.31. The third-order valence-electron chi connectivity index (χ3n) is 5.57. The Hall–Kier alpha value is -1.86. The van der Waals surface area contributed by atoms with Crippen LogP contribution in [-0.4, -0.2) is 24.5 Å². The summed E-state index contributed by atoms with van der Waals surface area (Å²) in [5.41, 5.74) is 8.94. The summed E-state index contributed by atoms with van der Waals surface area (Å²) in [5.74, 6) is 0. The van der Waals surface area contributed by atoms with Gasteiger partial charge in [-0.15, -0.1) is 0 Å². The van der Waals surface area contributed by atoms with E-state index in [4.69, 9.17) is 0 Å². The average molecular weight is 317 g/mol. The number of rotatable bonds is 4. The van der Waals surface area contributed by atoms with Crippen LogP contribution in [-0.2, 0) is 0 Å². The number of benzene rings is 2. The first-order valence-electron chi connectivity index (χ1n) is 9.52. The van der Waals surface area contributed by atoms with Crippen LogP contribution in [0.4, 0.5) is 0 Å². The molecule has 1 heteroatoms. The van der Waals surface area contributed by atoms with Crippen LogP contribution in [0.1, 0.15) is 50.2 Å². The van der Waals surface area contributed by atoms with Crippen LogP contribution in [0.3, 0.4) is 0 Å². The van der Waals surface area contributed by atoms with Crippen LogP contribution in [0.5, 0.6) is 0 Å². The highest BCUT2D eigenvalue weighted by atomic mass is 15.1. The molecule has 0 saturated carbocycles. The Morgan fingerprint density at radius 1 is 0.750 bits per heavy atom. The second-order valence-corrected chi connectivity index (χ2v) is 7.12. The summed E-state index contributed by atoms with van der Waals surface area (Å²) in [6.07, 6.45) is 6.49. The second kappa shape index (κ2) is 6.94. The Bertz CT molecular complexity index is 699. The molecule has 0 unspecified atom stereocenters. The minimum absolute atomic E-state index is 1.23. The fourth-order valence-electron chi connectivity index (χ4n) is 4.28. The van der Waals surface area contributed by atoms with Crippen molar-refractivity contribution in [2.24, 2.45) is 0 Å². The Morgan fingerprint density at radius 2 is 1.29 bits per heavy atom. The number of likely N-dealkylation sites (tertiary alicyclic amines) is 1. The molecule has 2 aromatic carbocycles. The van der Waals surface area contributed by atoms with Crippen molar-refractivity contribution >= 4 is 5.57 Å². The van der Waals surface area contributed by atoms with Gasteiger partial charge in [0.05, 0.1) is 0 Å². The molecule has 2 aromatic rings. The van der Waals surface area contributed by atoms with E-state index in [1.54, 1.807) is 5.57 Å². The van der Waals surface area contributed by atoms with Crippen LogP contribution in [0, 0.1) is 0 Å². The summed E-state index contributed by atoms with van der Waals surface area (Å²) in [6, 6.07) is 17.9. The van der Waals surface area contributed by atoms with Gasteiger partial charge in [-0.25, -0.2) is 0 Å². The van der Waals surface area contributed by atoms with Crippen molar-refractivity contribution in [2.45, 2.75) is 39.0 Å². The van der Waals surface area contributed by atoms with Gasteiger partial charge in [0.2, 0.25) is 0 Å². The monoisotopic (exact) mass is 317 g/mol. The first-order chi connectivity index (χ1) is 11.9. The molecule has 1 nitrogen and oxygen atoms in total. The molecule has 0 radical (unpaired) electrons. The standard InChI is InChI=1S/C23H27N/c1-2-3-8-15-24-16-13-18(14-17-24)23-21-11-6-4-9-19(21)20-10-5-7-12-22(20)23/h4-7,9-12H,2-3,8,13-17H2,1H3. The fraction of sp³-hybridized carbons (Fsp3) is 0.391. The predicted octanol–water partition coefficient (Wildman–Crippen LogP) is 5.75. The fourth-order valence-corrected chi connectivity index (χ4v) is 4.28. The summed E-state index contributed by atoms with van der Waals surface area (Å²) in [5, 5.41) is 0. The first-order valence-corrected chi connectivity index (χ1v) is 9.52. The van der Waals surface area contributed by atoms with Gasteiger partial charge < -0.3 is 4.90 Å². The van der Waals surface area contributed by atoms with Gasteiger partial charge in [-0.2, -0.15) is 0 Å². The van der Waals surface area contributed by atoms with Crippen molar-refractivity contribution < 1.29 is 0 Å². The average Bonchev–Trinajstić information content (AvgIpc) is 2.97. The number of fused-ring (bicyclic) bond motifs is 3. The SMILES string of the molecule is CCCCCN1CCC(=C2c3ccccc3-c3ccccc32)CC1. The maximum atomic E-state index is 2.66. The van der Waals surface area contributed by atoms with Crippen LogP contribution < -0.4 is 0 Å². The van der Waals surface area contributed by atoms with E-state index in [9.17, 15) is 0 Å². The van der Waals surface area contributed by atoms with Gasteiger partial charge in [-0.05, 0) is 53.6 Å². The normalized spacial score (nSPS) is 17.0. The highest BCUT2D eigenvalue weighted by Crippen LogP contribution is 2.46. The summed E-state index contributed by atoms with van der Waals surface area (Å²) < 4.78 is 0. The lowest BCUT2D eigenvalue weighted by Gasteiger charge is -2.29. The zero-order chi connectivity index (χ0) is 16.4. The van der Waals surface area contributed by atoms with Crippen molar-refractivity contribution in [3.8, 4) is 11.1 Å². The van der Waals surface area contributed by atoms with Crippen molar-refractivity contribution in [3.63, 3.8) is 0 Å². The second-order valence-electron chi connectivity index (χ2n) is 7.12. The molecule has 1 heterocycles. The highest BCUT2D eigenvalue weighted by Gasteiger charge is 2.26. The Labute approximate surface area is 146 Å². The molecule has 0 bridgehead atoms. The quantitative estimate of drug-likeness (QED) is 0.553. The molecular formula is C23H27N. The van der Waals surface area contributed by atoms with Gasteiger partial charge in [0.15, 0.2) is 0 Å². The largest absolute Gasteiger partial charge is 0.303 e. The molecule has 124 valence electrons. The molecule has 24 heavy (non-hydrogen) atoms. The van der Waals surface area contributed by atoms with Crippen LogP contribution in [0.25, 0.3) is 16.7 Å². The van der Waals surface area contributed by atoms with Gasteiger partial charge in [0, 0.05) is 13.1 Å². The van der Waals surface area contributed by atoms with Crippen molar-refractivity contribution in [2.75, 3.05) is 19.6 Å². The minimum Gasteiger partial charge on any atom is -0.303 e. The Kier molecular flexibility index (Phi) is 4.53. The molecule has 1 aliphatic carbocycles. The van der Waals surface area contributed by atoms with E-state index in [2.05, 4.69) is 60.4 Å². The lowest BCUT2D eigenvalue weighted by atomic mass is 9.91.